The third kappa shape index (κ3) is 7.14. The number of allylic oxidation sites excluding steroid dienone is 1. The van der Waals surface area contributed by atoms with Crippen molar-refractivity contribution >= 4 is 35.1 Å². The predicted octanol–water partition coefficient (Wildman–Crippen LogP) is 2.79. The summed E-state index contributed by atoms with van der Waals surface area (Å²) >= 11 is 0. The summed E-state index contributed by atoms with van der Waals surface area (Å²) in [6.07, 6.45) is 3.10. The lowest BCUT2D eigenvalue weighted by atomic mass is 10.1. The lowest BCUT2D eigenvalue weighted by Crippen LogP contribution is -2.45. The number of imidazole rings is 1. The van der Waals surface area contributed by atoms with Gasteiger partial charge in [-0.25, -0.2) is 14.3 Å². The van der Waals surface area contributed by atoms with E-state index in [9.17, 15) is 22.8 Å². The number of carbonyl (C=O) groups excluding carboxylic acids is 2. The highest BCUT2D eigenvalue weighted by Crippen LogP contribution is 2.24. The molecule has 0 spiro atoms. The van der Waals surface area contributed by atoms with Gasteiger partial charge in [-0.1, -0.05) is 12.1 Å². The van der Waals surface area contributed by atoms with Crippen LogP contribution >= 0.6 is 0 Å². The number of piperidine rings is 1. The maximum absolute atomic E-state index is 12.7. The summed E-state index contributed by atoms with van der Waals surface area (Å²) in [5.74, 6) is -0.0689. The molecule has 3 heterocycles. The molecule has 14 heteroatoms. The molecule has 2 aromatic heterocycles. The summed E-state index contributed by atoms with van der Waals surface area (Å²) in [5.41, 5.74) is 15.0. The normalized spacial score (nSPS) is 15.9. The molecule has 0 bridgehead atoms. The predicted molar refractivity (Wildman–Crippen MR) is 145 cm³/mol. The molecule has 1 aromatic carbocycles. The van der Waals surface area contributed by atoms with Gasteiger partial charge in [0, 0.05) is 53.9 Å². The number of nitrogens with one attached hydrogen (secondary N) is 2. The van der Waals surface area contributed by atoms with Crippen LogP contribution in [-0.2, 0) is 4.79 Å². The lowest BCUT2D eigenvalue weighted by Gasteiger charge is -2.31. The zero-order valence-corrected chi connectivity index (χ0v) is 21.7. The monoisotopic (exact) mass is 557 g/mol. The summed E-state index contributed by atoms with van der Waals surface area (Å²) < 4.78 is 38.6. The van der Waals surface area contributed by atoms with Gasteiger partial charge >= 0.3 is 12.2 Å². The van der Waals surface area contributed by atoms with Crippen molar-refractivity contribution in [1.29, 1.82) is 0 Å². The molecule has 4 rings (SSSR count). The average Bonchev–Trinajstić information content (AvgIpc) is 3.35. The number of hydrogen-bond acceptors (Lipinski definition) is 7. The molecule has 1 atom stereocenters. The molecule has 40 heavy (non-hydrogen) atoms. The van der Waals surface area contributed by atoms with E-state index in [-0.39, 0.29) is 11.9 Å². The molecule has 1 aliphatic rings. The van der Waals surface area contributed by atoms with Crippen LogP contribution in [0.1, 0.15) is 25.3 Å². The number of rotatable bonds is 7. The van der Waals surface area contributed by atoms with E-state index in [0.29, 0.717) is 46.8 Å². The Kier molecular flexibility index (Phi) is 8.67. The van der Waals surface area contributed by atoms with Crippen LogP contribution in [0.25, 0.3) is 22.5 Å². The highest BCUT2D eigenvalue weighted by Gasteiger charge is 2.28. The number of hydrogen-bond donors (Lipinski definition) is 4. The first-order valence-corrected chi connectivity index (χ1v) is 12.6. The van der Waals surface area contributed by atoms with Crippen molar-refractivity contribution < 1.29 is 22.8 Å². The second-order valence-electron chi connectivity index (χ2n) is 9.40. The maximum Gasteiger partial charge on any atom is 0.405 e. The van der Waals surface area contributed by atoms with Crippen LogP contribution in [0, 0.1) is 0 Å². The number of nitrogens with zero attached hydrogens (tertiary/aromatic N) is 5. The number of alkyl halides is 3. The van der Waals surface area contributed by atoms with Gasteiger partial charge in [-0.3, -0.25) is 9.79 Å². The quantitative estimate of drug-likeness (QED) is 0.327. The van der Waals surface area contributed by atoms with E-state index < -0.39 is 24.8 Å². The Labute approximate surface area is 228 Å². The molecular weight excluding hydrogens is 527 g/mol. The Balaban J connectivity index is 1.46. The smallest absolute Gasteiger partial charge is 0.404 e. The molecule has 6 N–H and O–H groups in total. The summed E-state index contributed by atoms with van der Waals surface area (Å²) in [7, 11) is 0. The van der Waals surface area contributed by atoms with E-state index in [1.165, 1.54) is 12.4 Å². The Morgan fingerprint density at radius 1 is 1.23 bits per heavy atom. The number of benzene rings is 1. The first kappa shape index (κ1) is 28.5. The number of amides is 3. The third-order valence-electron chi connectivity index (χ3n) is 6.39. The number of anilines is 1. The van der Waals surface area contributed by atoms with Gasteiger partial charge in [0.2, 0.25) is 5.91 Å². The van der Waals surface area contributed by atoms with Crippen molar-refractivity contribution in [1.82, 2.24) is 24.8 Å². The summed E-state index contributed by atoms with van der Waals surface area (Å²) in [5, 5.41) is 8.60. The van der Waals surface area contributed by atoms with Crippen LogP contribution in [0.15, 0.2) is 53.9 Å². The van der Waals surface area contributed by atoms with Gasteiger partial charge in [-0.05, 0) is 38.0 Å². The molecule has 3 aromatic rings. The zero-order chi connectivity index (χ0) is 28.9. The van der Waals surface area contributed by atoms with Crippen molar-refractivity contribution in [3.63, 3.8) is 0 Å². The molecule has 1 unspecified atom stereocenters. The SMILES string of the molecule is CC(N=CC(=CN)c1cnn2c(-c3cccc(NC(=O)NCC(F)(F)F)c3)cnc2c1)C(=O)N1CCC(N)CC1. The minimum Gasteiger partial charge on any atom is -0.404 e. The molecule has 1 saturated heterocycles. The van der Waals surface area contributed by atoms with Crippen molar-refractivity contribution in [3.05, 3.63) is 54.5 Å². The molecule has 0 aliphatic carbocycles. The van der Waals surface area contributed by atoms with Crippen LogP contribution < -0.4 is 22.1 Å². The van der Waals surface area contributed by atoms with E-state index in [1.807, 2.05) is 0 Å². The summed E-state index contributed by atoms with van der Waals surface area (Å²) in [6.45, 7) is 1.52. The number of urea groups is 1. The van der Waals surface area contributed by atoms with Gasteiger partial charge in [0.15, 0.2) is 5.65 Å². The van der Waals surface area contributed by atoms with Gasteiger partial charge in [-0.2, -0.15) is 18.3 Å². The van der Waals surface area contributed by atoms with Crippen LogP contribution in [-0.4, -0.2) is 75.5 Å². The lowest BCUT2D eigenvalue weighted by molar-refractivity contribution is -0.133. The Hall–Kier alpha value is -4.46. The number of aliphatic imine (C=N–C) groups is 1. The van der Waals surface area contributed by atoms with E-state index in [0.717, 1.165) is 12.8 Å². The average molecular weight is 558 g/mol. The first-order valence-electron chi connectivity index (χ1n) is 12.6. The maximum atomic E-state index is 12.7. The number of nitrogens with two attached hydrogens (primary N) is 2. The fraction of sp³-hybridized carbons (Fsp3) is 0.346. The third-order valence-corrected chi connectivity index (χ3v) is 6.39. The first-order chi connectivity index (χ1) is 19.0. The molecule has 3 amide bonds. The summed E-state index contributed by atoms with van der Waals surface area (Å²) in [4.78, 5) is 35.1. The van der Waals surface area contributed by atoms with E-state index in [2.05, 4.69) is 20.4 Å². The zero-order valence-electron chi connectivity index (χ0n) is 21.7. The minimum absolute atomic E-state index is 0.0689. The largest absolute Gasteiger partial charge is 0.405 e. The molecule has 11 nitrogen and oxygen atoms in total. The van der Waals surface area contributed by atoms with Crippen LogP contribution in [0.5, 0.6) is 0 Å². The molecule has 0 radical (unpaired) electrons. The highest BCUT2D eigenvalue weighted by atomic mass is 19.4. The van der Waals surface area contributed by atoms with Crippen molar-refractivity contribution in [2.45, 2.75) is 38.0 Å². The van der Waals surface area contributed by atoms with Crippen LogP contribution in [0.2, 0.25) is 0 Å². The topological polar surface area (TPSA) is 156 Å². The second kappa shape index (κ2) is 12.2. The second-order valence-corrected chi connectivity index (χ2v) is 9.40. The number of halogens is 3. The number of likely N-dealkylation sites (tertiary alicyclic amines) is 1. The standard InChI is InChI=1S/C26H30F3N9O2/c1-16(24(39)37-7-5-20(31)6-8-37)32-12-19(11-30)18-10-23-33-14-22(38(23)35-13-18)17-3-2-4-21(9-17)36-25(40)34-15-26(27,28)29/h2-4,9-14,16,20H,5-8,15,30-31H2,1H3,(H2,34,36,40). The van der Waals surface area contributed by atoms with Crippen molar-refractivity contribution in [2.75, 3.05) is 25.0 Å². The van der Waals surface area contributed by atoms with Gasteiger partial charge < -0.3 is 27.0 Å². The van der Waals surface area contributed by atoms with Gasteiger partial charge in [0.1, 0.15) is 12.6 Å². The molecule has 1 fully saturated rings. The Bertz CT molecular complexity index is 1430. The minimum atomic E-state index is -4.51. The van der Waals surface area contributed by atoms with E-state index in [1.54, 1.807) is 64.4 Å². The van der Waals surface area contributed by atoms with Crippen LogP contribution in [0.3, 0.4) is 0 Å². The highest BCUT2D eigenvalue weighted by molar-refractivity contribution is 6.10. The fourth-order valence-corrected chi connectivity index (χ4v) is 4.20. The van der Waals surface area contributed by atoms with E-state index >= 15 is 0 Å². The molecule has 0 saturated carbocycles. The van der Waals surface area contributed by atoms with Crippen LogP contribution in [0.4, 0.5) is 23.7 Å². The van der Waals surface area contributed by atoms with Gasteiger partial charge in [0.05, 0.1) is 18.1 Å². The molecular formula is C26H30F3N9O2. The number of carbonyl (C=O) groups is 2. The van der Waals surface area contributed by atoms with Gasteiger partial charge in [0.25, 0.3) is 0 Å². The summed E-state index contributed by atoms with van der Waals surface area (Å²) in [6, 6.07) is 6.86. The van der Waals surface area contributed by atoms with Crippen molar-refractivity contribution in [3.8, 4) is 11.3 Å². The Morgan fingerprint density at radius 3 is 2.67 bits per heavy atom. The Morgan fingerprint density at radius 2 is 1.98 bits per heavy atom. The number of aromatic nitrogens is 3. The molecule has 212 valence electrons. The molecule has 1 aliphatic heterocycles. The number of fused-ring (bicyclic) bond motifs is 1. The van der Waals surface area contributed by atoms with Gasteiger partial charge in [-0.15, -0.1) is 0 Å². The fourth-order valence-electron chi connectivity index (χ4n) is 4.20. The van der Waals surface area contributed by atoms with E-state index in [4.69, 9.17) is 11.5 Å². The van der Waals surface area contributed by atoms with Crippen molar-refractivity contribution in [2.24, 2.45) is 16.5 Å².